The smallest absolute Gasteiger partial charge is 0.226 e. The Bertz CT molecular complexity index is 575. The SMILES string of the molecule is Cl.N[C@@H]1CCN(Cc2coc(-c3cccc(F)c3)n2)C1. The Hall–Kier alpha value is -1.43. The van der Waals surface area contributed by atoms with Gasteiger partial charge < -0.3 is 10.2 Å². The maximum absolute atomic E-state index is 13.1. The molecule has 6 heteroatoms. The van der Waals surface area contributed by atoms with Crippen molar-refractivity contribution in [1.82, 2.24) is 9.88 Å². The van der Waals surface area contributed by atoms with Crippen molar-refractivity contribution < 1.29 is 8.81 Å². The molecule has 0 amide bonds. The Morgan fingerprint density at radius 1 is 1.45 bits per heavy atom. The summed E-state index contributed by atoms with van der Waals surface area (Å²) in [6, 6.07) is 6.51. The molecular weight excluding hydrogens is 281 g/mol. The first-order valence-electron chi connectivity index (χ1n) is 6.39. The van der Waals surface area contributed by atoms with Gasteiger partial charge in [-0.2, -0.15) is 0 Å². The van der Waals surface area contributed by atoms with Crippen molar-refractivity contribution in [3.8, 4) is 11.5 Å². The zero-order chi connectivity index (χ0) is 13.2. The minimum absolute atomic E-state index is 0. The van der Waals surface area contributed by atoms with E-state index < -0.39 is 0 Å². The molecule has 2 heterocycles. The molecule has 0 bridgehead atoms. The molecular formula is C14H17ClFN3O. The zero-order valence-corrected chi connectivity index (χ0v) is 11.8. The van der Waals surface area contributed by atoms with Gasteiger partial charge in [0.1, 0.15) is 12.1 Å². The summed E-state index contributed by atoms with van der Waals surface area (Å²) >= 11 is 0. The molecule has 2 aromatic rings. The van der Waals surface area contributed by atoms with Gasteiger partial charge in [-0.15, -0.1) is 12.4 Å². The first-order chi connectivity index (χ1) is 9.20. The number of hydrogen-bond donors (Lipinski definition) is 1. The lowest BCUT2D eigenvalue weighted by Crippen LogP contribution is -2.26. The van der Waals surface area contributed by atoms with E-state index in [-0.39, 0.29) is 24.3 Å². The summed E-state index contributed by atoms with van der Waals surface area (Å²) in [7, 11) is 0. The second-order valence-electron chi connectivity index (χ2n) is 4.94. The second kappa shape index (κ2) is 6.35. The fourth-order valence-electron chi connectivity index (χ4n) is 2.37. The Kier molecular flexibility index (Phi) is 4.75. The quantitative estimate of drug-likeness (QED) is 0.945. The van der Waals surface area contributed by atoms with Gasteiger partial charge in [-0.1, -0.05) is 6.07 Å². The third-order valence-corrected chi connectivity index (χ3v) is 3.32. The standard InChI is InChI=1S/C14H16FN3O.ClH/c15-11-3-1-2-10(6-11)14-17-13(9-19-14)8-18-5-4-12(16)7-18;/h1-3,6,9,12H,4-5,7-8,16H2;1H/t12-;/m1./s1. The van der Waals surface area contributed by atoms with Gasteiger partial charge in [0.15, 0.2) is 0 Å². The summed E-state index contributed by atoms with van der Waals surface area (Å²) in [5.74, 6) is 0.167. The predicted molar refractivity (Wildman–Crippen MR) is 77.0 cm³/mol. The number of aromatic nitrogens is 1. The molecule has 0 aliphatic carbocycles. The van der Waals surface area contributed by atoms with Gasteiger partial charge in [0.05, 0.1) is 5.69 Å². The third kappa shape index (κ3) is 3.36. The van der Waals surface area contributed by atoms with E-state index in [2.05, 4.69) is 9.88 Å². The van der Waals surface area contributed by atoms with Crippen LogP contribution in [-0.4, -0.2) is 29.0 Å². The molecule has 1 fully saturated rings. The Labute approximate surface area is 123 Å². The van der Waals surface area contributed by atoms with Crippen molar-refractivity contribution in [2.24, 2.45) is 5.73 Å². The van der Waals surface area contributed by atoms with E-state index in [1.807, 2.05) is 0 Å². The molecule has 0 saturated carbocycles. The minimum Gasteiger partial charge on any atom is -0.444 e. The molecule has 1 aromatic heterocycles. The van der Waals surface area contributed by atoms with Crippen LogP contribution >= 0.6 is 12.4 Å². The van der Waals surface area contributed by atoms with Gasteiger partial charge in [-0.05, 0) is 24.6 Å². The fraction of sp³-hybridized carbons (Fsp3) is 0.357. The summed E-state index contributed by atoms with van der Waals surface area (Å²) in [6.45, 7) is 2.61. The van der Waals surface area contributed by atoms with Crippen LogP contribution in [0.1, 0.15) is 12.1 Å². The molecule has 1 aromatic carbocycles. The van der Waals surface area contributed by atoms with Crippen LogP contribution in [0.4, 0.5) is 4.39 Å². The number of likely N-dealkylation sites (tertiary alicyclic amines) is 1. The lowest BCUT2D eigenvalue weighted by molar-refractivity contribution is 0.322. The van der Waals surface area contributed by atoms with Gasteiger partial charge in [-0.3, -0.25) is 4.90 Å². The molecule has 1 aliphatic rings. The van der Waals surface area contributed by atoms with Crippen molar-refractivity contribution in [1.29, 1.82) is 0 Å². The summed E-state index contributed by atoms with van der Waals surface area (Å²) in [5.41, 5.74) is 7.38. The molecule has 1 atom stereocenters. The van der Waals surface area contributed by atoms with Crippen LogP contribution in [0, 0.1) is 5.82 Å². The number of oxazole rings is 1. The molecule has 1 aliphatic heterocycles. The number of benzene rings is 1. The van der Waals surface area contributed by atoms with Crippen LogP contribution in [0.3, 0.4) is 0 Å². The average molecular weight is 298 g/mol. The Morgan fingerprint density at radius 2 is 2.30 bits per heavy atom. The van der Waals surface area contributed by atoms with Gasteiger partial charge in [0.2, 0.25) is 5.89 Å². The third-order valence-electron chi connectivity index (χ3n) is 3.32. The molecule has 108 valence electrons. The summed E-state index contributed by atoms with van der Waals surface area (Å²) in [6.07, 6.45) is 2.65. The normalized spacial score (nSPS) is 19.0. The highest BCUT2D eigenvalue weighted by Crippen LogP contribution is 2.20. The maximum atomic E-state index is 13.1. The summed E-state index contributed by atoms with van der Waals surface area (Å²) < 4.78 is 18.5. The molecule has 0 radical (unpaired) electrons. The number of hydrogen-bond acceptors (Lipinski definition) is 4. The molecule has 4 nitrogen and oxygen atoms in total. The second-order valence-corrected chi connectivity index (χ2v) is 4.94. The van der Waals surface area contributed by atoms with Crippen molar-refractivity contribution in [2.45, 2.75) is 19.0 Å². The van der Waals surface area contributed by atoms with Gasteiger partial charge in [0, 0.05) is 31.2 Å². The highest BCUT2D eigenvalue weighted by atomic mass is 35.5. The van der Waals surface area contributed by atoms with Crippen molar-refractivity contribution >= 4 is 12.4 Å². The average Bonchev–Trinajstić information content (AvgIpc) is 2.99. The predicted octanol–water partition coefficient (Wildman–Crippen LogP) is 2.44. The van der Waals surface area contributed by atoms with E-state index in [1.54, 1.807) is 18.4 Å². The molecule has 3 rings (SSSR count). The van der Waals surface area contributed by atoms with Crippen LogP contribution in [0.2, 0.25) is 0 Å². The summed E-state index contributed by atoms with van der Waals surface area (Å²) in [4.78, 5) is 6.64. The number of nitrogens with two attached hydrogens (primary N) is 1. The Balaban J connectivity index is 0.00000147. The van der Waals surface area contributed by atoms with E-state index in [1.165, 1.54) is 12.1 Å². The largest absolute Gasteiger partial charge is 0.444 e. The van der Waals surface area contributed by atoms with Gasteiger partial charge in [-0.25, -0.2) is 9.37 Å². The first kappa shape index (κ1) is 15.0. The first-order valence-corrected chi connectivity index (χ1v) is 6.39. The van der Waals surface area contributed by atoms with Crippen molar-refractivity contribution in [2.75, 3.05) is 13.1 Å². The van der Waals surface area contributed by atoms with Gasteiger partial charge >= 0.3 is 0 Å². The van der Waals surface area contributed by atoms with Crippen LogP contribution < -0.4 is 5.73 Å². The van der Waals surface area contributed by atoms with E-state index in [0.717, 1.165) is 31.7 Å². The van der Waals surface area contributed by atoms with Gasteiger partial charge in [0.25, 0.3) is 0 Å². The molecule has 2 N–H and O–H groups in total. The monoisotopic (exact) mass is 297 g/mol. The number of nitrogens with zero attached hydrogens (tertiary/aromatic N) is 2. The van der Waals surface area contributed by atoms with E-state index in [0.29, 0.717) is 11.5 Å². The van der Waals surface area contributed by atoms with Crippen LogP contribution in [-0.2, 0) is 6.54 Å². The molecule has 1 saturated heterocycles. The maximum Gasteiger partial charge on any atom is 0.226 e. The van der Waals surface area contributed by atoms with E-state index >= 15 is 0 Å². The van der Waals surface area contributed by atoms with E-state index in [4.69, 9.17) is 10.2 Å². The van der Waals surface area contributed by atoms with Crippen molar-refractivity contribution in [3.05, 3.63) is 42.0 Å². The number of halogens is 2. The van der Waals surface area contributed by atoms with Crippen LogP contribution in [0.25, 0.3) is 11.5 Å². The zero-order valence-electron chi connectivity index (χ0n) is 11.0. The minimum atomic E-state index is -0.289. The Morgan fingerprint density at radius 3 is 3.00 bits per heavy atom. The topological polar surface area (TPSA) is 55.3 Å². The fourth-order valence-corrected chi connectivity index (χ4v) is 2.37. The van der Waals surface area contributed by atoms with Crippen LogP contribution in [0.15, 0.2) is 34.9 Å². The van der Waals surface area contributed by atoms with Crippen LogP contribution in [0.5, 0.6) is 0 Å². The lowest BCUT2D eigenvalue weighted by Gasteiger charge is -2.12. The number of rotatable bonds is 3. The van der Waals surface area contributed by atoms with Crippen molar-refractivity contribution in [3.63, 3.8) is 0 Å². The summed E-state index contributed by atoms with van der Waals surface area (Å²) in [5, 5.41) is 0. The molecule has 0 spiro atoms. The molecule has 20 heavy (non-hydrogen) atoms. The molecule has 0 unspecified atom stereocenters. The van der Waals surface area contributed by atoms with E-state index in [9.17, 15) is 4.39 Å². The highest BCUT2D eigenvalue weighted by Gasteiger charge is 2.20. The lowest BCUT2D eigenvalue weighted by atomic mass is 10.2. The highest BCUT2D eigenvalue weighted by molar-refractivity contribution is 5.85.